The number of amides is 2. The first-order valence-corrected chi connectivity index (χ1v) is 7.09. The number of fused-ring (bicyclic) bond motifs is 1. The van der Waals surface area contributed by atoms with Crippen molar-refractivity contribution in [2.75, 3.05) is 12.0 Å². The van der Waals surface area contributed by atoms with Crippen LogP contribution in [0.25, 0.3) is 11.0 Å². The minimum atomic E-state index is -0.577. The number of ether oxygens (including phenoxy) is 1. The monoisotopic (exact) mass is 308 g/mol. The summed E-state index contributed by atoms with van der Waals surface area (Å²) in [7, 11) is 1.59. The van der Waals surface area contributed by atoms with E-state index < -0.39 is 6.03 Å². The van der Waals surface area contributed by atoms with E-state index in [1.807, 2.05) is 36.4 Å². The summed E-state index contributed by atoms with van der Waals surface area (Å²) in [6, 6.07) is 14.1. The van der Waals surface area contributed by atoms with Crippen molar-refractivity contribution in [1.29, 1.82) is 0 Å². The zero-order valence-electron chi connectivity index (χ0n) is 12.6. The van der Waals surface area contributed by atoms with Crippen LogP contribution in [0.1, 0.15) is 5.56 Å². The van der Waals surface area contributed by atoms with Gasteiger partial charge in [0, 0.05) is 11.8 Å². The van der Waals surface area contributed by atoms with Crippen molar-refractivity contribution in [2.24, 2.45) is 5.73 Å². The van der Waals surface area contributed by atoms with Crippen molar-refractivity contribution in [2.45, 2.75) is 6.54 Å². The number of nitrogens with two attached hydrogens (primary N) is 1. The van der Waals surface area contributed by atoms with E-state index in [4.69, 9.17) is 10.5 Å². The zero-order valence-corrected chi connectivity index (χ0v) is 12.6. The first-order chi connectivity index (χ1) is 11.2. The molecule has 0 aliphatic heterocycles. The van der Waals surface area contributed by atoms with E-state index >= 15 is 0 Å². The largest absolute Gasteiger partial charge is 0.496 e. The molecule has 0 bridgehead atoms. The van der Waals surface area contributed by atoms with Gasteiger partial charge in [-0.05, 0) is 30.3 Å². The van der Waals surface area contributed by atoms with Gasteiger partial charge < -0.3 is 10.5 Å². The highest BCUT2D eigenvalue weighted by Crippen LogP contribution is 2.23. The van der Waals surface area contributed by atoms with Crippen LogP contribution in [0.4, 0.5) is 10.6 Å². The number of benzene rings is 1. The lowest BCUT2D eigenvalue weighted by Gasteiger charge is -2.21. The van der Waals surface area contributed by atoms with Gasteiger partial charge in [0.05, 0.1) is 24.7 Å². The van der Waals surface area contributed by atoms with Gasteiger partial charge in [-0.1, -0.05) is 18.2 Å². The van der Waals surface area contributed by atoms with Gasteiger partial charge in [-0.2, -0.15) is 0 Å². The number of hydrogen-bond acceptors (Lipinski definition) is 4. The smallest absolute Gasteiger partial charge is 0.320 e. The van der Waals surface area contributed by atoms with Gasteiger partial charge >= 0.3 is 6.03 Å². The summed E-state index contributed by atoms with van der Waals surface area (Å²) in [6.45, 7) is 0.276. The lowest BCUT2D eigenvalue weighted by atomic mass is 10.2. The predicted molar refractivity (Wildman–Crippen MR) is 88.3 cm³/mol. The van der Waals surface area contributed by atoms with Crippen LogP contribution in [0, 0.1) is 0 Å². The number of carbonyl (C=O) groups excluding carboxylic acids is 1. The molecule has 3 rings (SSSR count). The molecular weight excluding hydrogens is 292 g/mol. The fourth-order valence-electron chi connectivity index (χ4n) is 2.37. The fourth-order valence-corrected chi connectivity index (χ4v) is 2.37. The molecule has 116 valence electrons. The van der Waals surface area contributed by atoms with Crippen molar-refractivity contribution >= 4 is 22.9 Å². The van der Waals surface area contributed by atoms with E-state index in [1.54, 1.807) is 25.4 Å². The van der Waals surface area contributed by atoms with Crippen LogP contribution in [0.5, 0.6) is 5.75 Å². The number of nitrogens with zero attached hydrogens (tertiary/aromatic N) is 3. The van der Waals surface area contributed by atoms with Gasteiger partial charge in [0.2, 0.25) is 0 Å². The third kappa shape index (κ3) is 3.06. The molecule has 2 aromatic heterocycles. The summed E-state index contributed by atoms with van der Waals surface area (Å²) in [5.41, 5.74) is 7.86. The molecule has 3 aromatic rings. The summed E-state index contributed by atoms with van der Waals surface area (Å²) in [4.78, 5) is 22.0. The molecule has 6 nitrogen and oxygen atoms in total. The minimum absolute atomic E-state index is 0.276. The molecule has 2 amide bonds. The number of anilines is 1. The highest BCUT2D eigenvalue weighted by Gasteiger charge is 2.17. The lowest BCUT2D eigenvalue weighted by molar-refractivity contribution is 0.253. The first-order valence-electron chi connectivity index (χ1n) is 7.09. The summed E-state index contributed by atoms with van der Waals surface area (Å²) < 4.78 is 5.32. The van der Waals surface area contributed by atoms with Crippen LogP contribution in [-0.2, 0) is 6.54 Å². The Morgan fingerprint density at radius 2 is 1.96 bits per heavy atom. The van der Waals surface area contributed by atoms with E-state index in [0.29, 0.717) is 17.1 Å². The number of primary amides is 1. The van der Waals surface area contributed by atoms with Crippen LogP contribution in [0.15, 0.2) is 54.7 Å². The fraction of sp³-hybridized carbons (Fsp3) is 0.118. The molecule has 2 N–H and O–H groups in total. The minimum Gasteiger partial charge on any atom is -0.496 e. The number of para-hydroxylation sites is 1. The van der Waals surface area contributed by atoms with Crippen LogP contribution in [0.3, 0.4) is 0 Å². The van der Waals surface area contributed by atoms with Crippen LogP contribution in [-0.4, -0.2) is 23.1 Å². The molecule has 0 atom stereocenters. The van der Waals surface area contributed by atoms with Gasteiger partial charge in [-0.3, -0.25) is 9.88 Å². The number of aromatic nitrogens is 2. The van der Waals surface area contributed by atoms with Gasteiger partial charge in [-0.15, -0.1) is 0 Å². The molecule has 0 aliphatic rings. The van der Waals surface area contributed by atoms with Gasteiger partial charge in [0.25, 0.3) is 0 Å². The second-order valence-electron chi connectivity index (χ2n) is 4.95. The van der Waals surface area contributed by atoms with E-state index in [9.17, 15) is 4.79 Å². The van der Waals surface area contributed by atoms with Crippen molar-refractivity contribution in [3.8, 4) is 5.75 Å². The summed E-state index contributed by atoms with van der Waals surface area (Å²) in [5, 5.41) is 0. The van der Waals surface area contributed by atoms with Crippen LogP contribution < -0.4 is 15.4 Å². The Morgan fingerprint density at radius 1 is 1.13 bits per heavy atom. The topological polar surface area (TPSA) is 81.3 Å². The predicted octanol–water partition coefficient (Wildman–Crippen LogP) is 2.72. The molecule has 0 radical (unpaired) electrons. The Balaban J connectivity index is 1.99. The van der Waals surface area contributed by atoms with Crippen molar-refractivity contribution in [1.82, 2.24) is 9.97 Å². The first kappa shape index (κ1) is 14.8. The number of hydrogen-bond donors (Lipinski definition) is 1. The molecule has 0 fully saturated rings. The summed E-state index contributed by atoms with van der Waals surface area (Å²) in [5.74, 6) is 1.17. The molecule has 0 unspecified atom stereocenters. The SMILES string of the molecule is COc1ccccc1CN(C(N)=O)c1ccc2ncccc2n1. The van der Waals surface area contributed by atoms with Crippen molar-refractivity contribution < 1.29 is 9.53 Å². The molecular formula is C17H16N4O2. The molecule has 23 heavy (non-hydrogen) atoms. The number of pyridine rings is 2. The maximum absolute atomic E-state index is 11.9. The Bertz CT molecular complexity index is 851. The van der Waals surface area contributed by atoms with Gasteiger partial charge in [-0.25, -0.2) is 9.78 Å². The maximum Gasteiger partial charge on any atom is 0.320 e. The number of rotatable bonds is 4. The number of urea groups is 1. The van der Waals surface area contributed by atoms with Crippen molar-refractivity contribution in [3.05, 3.63) is 60.3 Å². The normalized spacial score (nSPS) is 10.5. The highest BCUT2D eigenvalue weighted by molar-refractivity contribution is 5.91. The second-order valence-corrected chi connectivity index (χ2v) is 4.95. The second kappa shape index (κ2) is 6.31. The molecule has 1 aromatic carbocycles. The highest BCUT2D eigenvalue weighted by atomic mass is 16.5. The molecule has 0 spiro atoms. The summed E-state index contributed by atoms with van der Waals surface area (Å²) >= 11 is 0. The maximum atomic E-state index is 11.9. The molecule has 0 saturated carbocycles. The van der Waals surface area contributed by atoms with Crippen molar-refractivity contribution in [3.63, 3.8) is 0 Å². The zero-order chi connectivity index (χ0) is 16.2. The molecule has 2 heterocycles. The van der Waals surface area contributed by atoms with E-state index in [1.165, 1.54) is 4.90 Å². The number of methoxy groups -OCH3 is 1. The van der Waals surface area contributed by atoms with E-state index in [0.717, 1.165) is 11.1 Å². The standard InChI is InChI=1S/C17H16N4O2/c1-23-15-7-3-2-5-12(15)11-21(17(18)22)16-9-8-13-14(20-16)6-4-10-19-13/h2-10H,11H2,1H3,(H2,18,22). The molecule has 0 saturated heterocycles. The third-order valence-electron chi connectivity index (χ3n) is 3.51. The van der Waals surface area contributed by atoms with Crippen LogP contribution in [0.2, 0.25) is 0 Å². The van der Waals surface area contributed by atoms with Gasteiger partial charge in [0.15, 0.2) is 0 Å². The van der Waals surface area contributed by atoms with Crippen LogP contribution >= 0.6 is 0 Å². The molecule has 6 heteroatoms. The Kier molecular flexibility index (Phi) is 4.05. The van der Waals surface area contributed by atoms with E-state index in [2.05, 4.69) is 9.97 Å². The average Bonchev–Trinajstić information content (AvgIpc) is 2.59. The average molecular weight is 308 g/mol. The molecule has 0 aliphatic carbocycles. The Hall–Kier alpha value is -3.15. The quantitative estimate of drug-likeness (QED) is 0.803. The lowest BCUT2D eigenvalue weighted by Crippen LogP contribution is -2.35. The van der Waals surface area contributed by atoms with E-state index in [-0.39, 0.29) is 6.54 Å². The number of carbonyl (C=O) groups is 1. The Labute approximate surface area is 133 Å². The third-order valence-corrected chi connectivity index (χ3v) is 3.51. The van der Waals surface area contributed by atoms with Gasteiger partial charge in [0.1, 0.15) is 11.6 Å². The summed E-state index contributed by atoms with van der Waals surface area (Å²) in [6.07, 6.45) is 1.70. The Morgan fingerprint density at radius 3 is 2.74 bits per heavy atom.